The van der Waals surface area contributed by atoms with Crippen molar-refractivity contribution in [1.29, 1.82) is 0 Å². The zero-order chi connectivity index (χ0) is 15.3. The van der Waals surface area contributed by atoms with Crippen LogP contribution in [-0.2, 0) is 9.53 Å². The maximum Gasteiger partial charge on any atom is 0.327 e. The fraction of sp³-hybridized carbons (Fsp3) is 0.938. The molecule has 1 aliphatic heterocycles. The molecule has 1 heterocycles. The van der Waals surface area contributed by atoms with Crippen molar-refractivity contribution < 1.29 is 9.53 Å². The highest BCUT2D eigenvalue weighted by Gasteiger charge is 2.37. The van der Waals surface area contributed by atoms with Crippen LogP contribution in [0.25, 0.3) is 0 Å². The third kappa shape index (κ3) is 4.94. The zero-order valence-corrected chi connectivity index (χ0v) is 13.9. The summed E-state index contributed by atoms with van der Waals surface area (Å²) in [4.78, 5) is 17.2. The number of nitrogens with zero attached hydrogens (tertiary/aromatic N) is 2. The summed E-state index contributed by atoms with van der Waals surface area (Å²) in [7, 11) is 0. The Balaban J connectivity index is 1.81. The van der Waals surface area contributed by atoms with Crippen LogP contribution < -0.4 is 5.32 Å². The molecular weight excluding hydrogens is 266 g/mol. The second kappa shape index (κ2) is 7.56. The minimum Gasteiger partial charge on any atom is -0.465 e. The topological polar surface area (TPSA) is 44.8 Å². The fourth-order valence-electron chi connectivity index (χ4n) is 3.12. The van der Waals surface area contributed by atoms with Gasteiger partial charge in [0.25, 0.3) is 0 Å². The molecule has 1 unspecified atom stereocenters. The van der Waals surface area contributed by atoms with Gasteiger partial charge in [-0.3, -0.25) is 9.69 Å². The third-order valence-electron chi connectivity index (χ3n) is 4.51. The maximum absolute atomic E-state index is 12.2. The average molecular weight is 297 g/mol. The summed E-state index contributed by atoms with van der Waals surface area (Å²) < 4.78 is 5.24. The van der Waals surface area contributed by atoms with E-state index in [0.717, 1.165) is 45.2 Å². The van der Waals surface area contributed by atoms with Crippen molar-refractivity contribution in [3.05, 3.63) is 0 Å². The van der Waals surface area contributed by atoms with Gasteiger partial charge in [0, 0.05) is 39.3 Å². The molecule has 0 aromatic heterocycles. The van der Waals surface area contributed by atoms with Crippen molar-refractivity contribution in [2.45, 2.75) is 39.2 Å². The molecule has 0 aromatic carbocycles. The van der Waals surface area contributed by atoms with Gasteiger partial charge in [-0.25, -0.2) is 0 Å². The van der Waals surface area contributed by atoms with Gasteiger partial charge in [-0.05, 0) is 39.2 Å². The van der Waals surface area contributed by atoms with Gasteiger partial charge in [0.05, 0.1) is 6.61 Å². The highest BCUT2D eigenvalue weighted by atomic mass is 16.5. The van der Waals surface area contributed by atoms with E-state index >= 15 is 0 Å². The van der Waals surface area contributed by atoms with Gasteiger partial charge in [0.1, 0.15) is 5.54 Å². The van der Waals surface area contributed by atoms with Crippen molar-refractivity contribution in [3.63, 3.8) is 0 Å². The first-order valence-corrected chi connectivity index (χ1v) is 8.44. The Kier molecular flexibility index (Phi) is 6.02. The Morgan fingerprint density at radius 1 is 1.19 bits per heavy atom. The maximum atomic E-state index is 12.2. The molecule has 5 heteroatoms. The van der Waals surface area contributed by atoms with Gasteiger partial charge in [-0.1, -0.05) is 6.92 Å². The van der Waals surface area contributed by atoms with Crippen molar-refractivity contribution in [1.82, 2.24) is 15.1 Å². The lowest BCUT2D eigenvalue weighted by molar-refractivity contribution is -0.151. The molecule has 1 saturated carbocycles. The van der Waals surface area contributed by atoms with Crippen LogP contribution >= 0.6 is 0 Å². The molecule has 2 rings (SSSR count). The van der Waals surface area contributed by atoms with Crippen LogP contribution in [0.5, 0.6) is 0 Å². The van der Waals surface area contributed by atoms with Crippen molar-refractivity contribution in [2.24, 2.45) is 5.92 Å². The van der Waals surface area contributed by atoms with Gasteiger partial charge in [0.2, 0.25) is 0 Å². The molecule has 21 heavy (non-hydrogen) atoms. The van der Waals surface area contributed by atoms with E-state index in [1.165, 1.54) is 19.4 Å². The van der Waals surface area contributed by atoms with E-state index < -0.39 is 5.54 Å². The quantitative estimate of drug-likeness (QED) is 0.676. The van der Waals surface area contributed by atoms with Crippen LogP contribution in [0, 0.1) is 5.92 Å². The van der Waals surface area contributed by atoms with E-state index in [1.807, 2.05) is 20.8 Å². The minimum absolute atomic E-state index is 0.132. The van der Waals surface area contributed by atoms with Gasteiger partial charge in [-0.2, -0.15) is 0 Å². The Labute approximate surface area is 129 Å². The summed E-state index contributed by atoms with van der Waals surface area (Å²) in [5.74, 6) is 0.829. The van der Waals surface area contributed by atoms with E-state index in [1.54, 1.807) is 0 Å². The summed E-state index contributed by atoms with van der Waals surface area (Å²) in [5, 5.41) is 3.31. The number of ether oxygens (including phenoxy) is 1. The molecule has 2 aliphatic rings. The zero-order valence-electron chi connectivity index (χ0n) is 13.9. The highest BCUT2D eigenvalue weighted by molar-refractivity contribution is 5.80. The van der Waals surface area contributed by atoms with Gasteiger partial charge >= 0.3 is 5.97 Å². The summed E-state index contributed by atoms with van der Waals surface area (Å²) in [6.07, 6.45) is 2.84. The fourth-order valence-corrected chi connectivity index (χ4v) is 3.12. The average Bonchev–Trinajstić information content (AvgIpc) is 3.25. The normalized spacial score (nSPS) is 23.8. The molecule has 5 nitrogen and oxygen atoms in total. The lowest BCUT2D eigenvalue weighted by Crippen LogP contribution is -2.60. The summed E-state index contributed by atoms with van der Waals surface area (Å²) in [6, 6.07) is 0. The van der Waals surface area contributed by atoms with Gasteiger partial charge < -0.3 is 15.0 Å². The number of carbonyl (C=O) groups is 1. The Morgan fingerprint density at radius 2 is 1.81 bits per heavy atom. The highest BCUT2D eigenvalue weighted by Crippen LogP contribution is 2.30. The van der Waals surface area contributed by atoms with Crippen molar-refractivity contribution in [2.75, 3.05) is 52.4 Å². The first-order chi connectivity index (χ1) is 10.1. The van der Waals surface area contributed by atoms with Crippen molar-refractivity contribution >= 4 is 5.97 Å². The van der Waals surface area contributed by atoms with E-state index in [4.69, 9.17) is 4.74 Å². The van der Waals surface area contributed by atoms with Crippen LogP contribution in [0.2, 0.25) is 0 Å². The van der Waals surface area contributed by atoms with Gasteiger partial charge in [0.15, 0.2) is 0 Å². The van der Waals surface area contributed by atoms with Crippen LogP contribution in [0.1, 0.15) is 33.6 Å². The number of hydrogen-bond acceptors (Lipinski definition) is 5. The lowest BCUT2D eigenvalue weighted by atomic mass is 10.0. The second-order valence-electron chi connectivity index (χ2n) is 6.60. The minimum atomic E-state index is -0.594. The molecule has 122 valence electrons. The standard InChI is InChI=1S/C16H31N3O2/c1-4-17-16(3,15(20)21-5-2)13-19-10-8-18(9-11-19)12-14-6-7-14/h14,17H,4-13H2,1-3H3. The number of esters is 1. The van der Waals surface area contributed by atoms with Crippen LogP contribution in [0.3, 0.4) is 0 Å². The number of piperazine rings is 1. The predicted molar refractivity (Wildman–Crippen MR) is 84.3 cm³/mol. The number of rotatable bonds is 8. The van der Waals surface area contributed by atoms with Crippen LogP contribution in [-0.4, -0.2) is 73.7 Å². The molecule has 1 N–H and O–H groups in total. The Bertz CT molecular complexity index is 338. The number of carbonyl (C=O) groups excluding carboxylic acids is 1. The van der Waals surface area contributed by atoms with Crippen LogP contribution in [0.4, 0.5) is 0 Å². The molecule has 0 amide bonds. The Hall–Kier alpha value is -0.650. The molecule has 2 fully saturated rings. The lowest BCUT2D eigenvalue weighted by Gasteiger charge is -2.39. The molecular formula is C16H31N3O2. The summed E-state index contributed by atoms with van der Waals surface area (Å²) in [6.45, 7) is 13.4. The smallest absolute Gasteiger partial charge is 0.327 e. The molecule has 0 radical (unpaired) electrons. The molecule has 1 aliphatic carbocycles. The number of hydrogen-bond donors (Lipinski definition) is 1. The van der Waals surface area contributed by atoms with E-state index in [0.29, 0.717) is 6.61 Å². The molecule has 0 aromatic rings. The summed E-state index contributed by atoms with van der Waals surface area (Å²) in [5.41, 5.74) is -0.594. The monoisotopic (exact) mass is 297 g/mol. The molecule has 1 saturated heterocycles. The predicted octanol–water partition coefficient (Wildman–Crippen LogP) is 0.945. The molecule has 0 spiro atoms. The van der Waals surface area contributed by atoms with Gasteiger partial charge in [-0.15, -0.1) is 0 Å². The van der Waals surface area contributed by atoms with E-state index in [2.05, 4.69) is 15.1 Å². The number of nitrogens with one attached hydrogen (secondary N) is 1. The number of likely N-dealkylation sites (N-methyl/N-ethyl adjacent to an activating group) is 1. The van der Waals surface area contributed by atoms with Crippen molar-refractivity contribution in [3.8, 4) is 0 Å². The Morgan fingerprint density at radius 3 is 2.33 bits per heavy atom. The SMILES string of the molecule is CCNC(C)(CN1CCN(CC2CC2)CC1)C(=O)OCC. The largest absolute Gasteiger partial charge is 0.465 e. The second-order valence-corrected chi connectivity index (χ2v) is 6.60. The van der Waals surface area contributed by atoms with E-state index in [-0.39, 0.29) is 5.97 Å². The molecule has 0 bridgehead atoms. The van der Waals surface area contributed by atoms with E-state index in [9.17, 15) is 4.79 Å². The summed E-state index contributed by atoms with van der Waals surface area (Å²) >= 11 is 0. The molecule has 1 atom stereocenters. The first kappa shape index (κ1) is 16.7. The third-order valence-corrected chi connectivity index (χ3v) is 4.51. The van der Waals surface area contributed by atoms with Crippen LogP contribution in [0.15, 0.2) is 0 Å². The first-order valence-electron chi connectivity index (χ1n) is 8.44.